The van der Waals surface area contributed by atoms with E-state index >= 15 is 0 Å². The molecule has 1 heterocycles. The number of hydrogen-bond acceptors (Lipinski definition) is 3. The Morgan fingerprint density at radius 1 is 1.20 bits per heavy atom. The van der Waals surface area contributed by atoms with Crippen LogP contribution in [0.2, 0.25) is 5.02 Å². The first-order valence-electron chi connectivity index (χ1n) is 8.67. The summed E-state index contributed by atoms with van der Waals surface area (Å²) in [6, 6.07) is 15.7. The summed E-state index contributed by atoms with van der Waals surface area (Å²) >= 11 is 6.01. The van der Waals surface area contributed by atoms with E-state index in [9.17, 15) is 4.79 Å². The number of halogens is 1. The fourth-order valence-electron chi connectivity index (χ4n) is 3.12. The minimum atomic E-state index is -0.209. The molecule has 0 saturated carbocycles. The van der Waals surface area contributed by atoms with Crippen LogP contribution in [-0.2, 0) is 4.79 Å². The zero-order valence-electron chi connectivity index (χ0n) is 14.4. The van der Waals surface area contributed by atoms with Crippen LogP contribution in [0.15, 0.2) is 48.5 Å². The molecule has 2 aromatic carbocycles. The number of amides is 1. The van der Waals surface area contributed by atoms with Crippen molar-refractivity contribution >= 4 is 28.9 Å². The summed E-state index contributed by atoms with van der Waals surface area (Å²) < 4.78 is 5.45. The molecule has 4 nitrogen and oxygen atoms in total. The van der Waals surface area contributed by atoms with Crippen molar-refractivity contribution in [2.75, 3.05) is 23.4 Å². The molecule has 25 heavy (non-hydrogen) atoms. The van der Waals surface area contributed by atoms with E-state index in [1.165, 1.54) is 24.9 Å². The van der Waals surface area contributed by atoms with Gasteiger partial charge in [-0.3, -0.25) is 4.79 Å². The first kappa shape index (κ1) is 17.6. The van der Waals surface area contributed by atoms with E-state index in [4.69, 9.17) is 16.3 Å². The maximum atomic E-state index is 12.0. The SMILES string of the molecule is CC1CCCCN1c1ccc(NC(=O)COc2ccccc2Cl)cc1. The summed E-state index contributed by atoms with van der Waals surface area (Å²) in [5.74, 6) is 0.299. The Morgan fingerprint density at radius 3 is 2.68 bits per heavy atom. The summed E-state index contributed by atoms with van der Waals surface area (Å²) in [7, 11) is 0. The zero-order valence-corrected chi connectivity index (χ0v) is 15.1. The number of carbonyl (C=O) groups excluding carboxylic acids is 1. The van der Waals surface area contributed by atoms with E-state index in [2.05, 4.69) is 29.3 Å². The molecule has 1 atom stereocenters. The molecule has 1 aliphatic rings. The number of benzene rings is 2. The van der Waals surface area contributed by atoms with Crippen molar-refractivity contribution in [2.45, 2.75) is 32.2 Å². The van der Waals surface area contributed by atoms with Gasteiger partial charge in [0.2, 0.25) is 0 Å². The van der Waals surface area contributed by atoms with E-state index < -0.39 is 0 Å². The van der Waals surface area contributed by atoms with Crippen LogP contribution < -0.4 is 15.0 Å². The lowest BCUT2D eigenvalue weighted by molar-refractivity contribution is -0.118. The van der Waals surface area contributed by atoms with Gasteiger partial charge < -0.3 is 15.0 Å². The number of piperidine rings is 1. The summed E-state index contributed by atoms with van der Waals surface area (Å²) in [4.78, 5) is 14.5. The van der Waals surface area contributed by atoms with Crippen LogP contribution in [-0.4, -0.2) is 25.1 Å². The maximum Gasteiger partial charge on any atom is 0.262 e. The Bertz CT molecular complexity index is 718. The average Bonchev–Trinajstić information content (AvgIpc) is 2.62. The highest BCUT2D eigenvalue weighted by atomic mass is 35.5. The van der Waals surface area contributed by atoms with Gasteiger partial charge in [0.05, 0.1) is 5.02 Å². The van der Waals surface area contributed by atoms with E-state index in [1.807, 2.05) is 24.3 Å². The molecule has 0 radical (unpaired) electrons. The highest BCUT2D eigenvalue weighted by Gasteiger charge is 2.18. The minimum Gasteiger partial charge on any atom is -0.482 e. The molecular formula is C20H23ClN2O2. The molecule has 0 aromatic heterocycles. The van der Waals surface area contributed by atoms with E-state index in [1.54, 1.807) is 12.1 Å². The van der Waals surface area contributed by atoms with Crippen LogP contribution >= 0.6 is 11.6 Å². The van der Waals surface area contributed by atoms with E-state index in [0.29, 0.717) is 16.8 Å². The van der Waals surface area contributed by atoms with Gasteiger partial charge in [0, 0.05) is 24.0 Å². The van der Waals surface area contributed by atoms with Crippen molar-refractivity contribution in [1.29, 1.82) is 0 Å². The van der Waals surface area contributed by atoms with Gasteiger partial charge >= 0.3 is 0 Å². The smallest absolute Gasteiger partial charge is 0.262 e. The quantitative estimate of drug-likeness (QED) is 0.839. The van der Waals surface area contributed by atoms with Crippen molar-refractivity contribution in [3.05, 3.63) is 53.6 Å². The highest BCUT2D eigenvalue weighted by Crippen LogP contribution is 2.26. The van der Waals surface area contributed by atoms with Crippen LogP contribution in [0.25, 0.3) is 0 Å². The minimum absolute atomic E-state index is 0.0748. The average molecular weight is 359 g/mol. The number of hydrogen-bond donors (Lipinski definition) is 1. The Labute approximate surface area is 153 Å². The molecule has 5 heteroatoms. The Balaban J connectivity index is 1.54. The topological polar surface area (TPSA) is 41.6 Å². The van der Waals surface area contributed by atoms with E-state index in [0.717, 1.165) is 12.2 Å². The highest BCUT2D eigenvalue weighted by molar-refractivity contribution is 6.32. The van der Waals surface area contributed by atoms with Crippen molar-refractivity contribution in [3.63, 3.8) is 0 Å². The van der Waals surface area contributed by atoms with Crippen LogP contribution in [0.4, 0.5) is 11.4 Å². The van der Waals surface area contributed by atoms with Crippen molar-refractivity contribution in [3.8, 4) is 5.75 Å². The molecule has 1 saturated heterocycles. The van der Waals surface area contributed by atoms with Crippen LogP contribution in [0.3, 0.4) is 0 Å². The Hall–Kier alpha value is -2.20. The molecule has 0 aliphatic carbocycles. The normalized spacial score (nSPS) is 17.2. The summed E-state index contributed by atoms with van der Waals surface area (Å²) in [6.07, 6.45) is 3.78. The third-order valence-electron chi connectivity index (χ3n) is 4.48. The molecule has 1 aliphatic heterocycles. The van der Waals surface area contributed by atoms with Gasteiger partial charge in [-0.1, -0.05) is 23.7 Å². The number of anilines is 2. The number of ether oxygens (including phenoxy) is 1. The third kappa shape index (κ3) is 4.67. The third-order valence-corrected chi connectivity index (χ3v) is 4.79. The second-order valence-corrected chi connectivity index (χ2v) is 6.76. The van der Waals surface area contributed by atoms with Crippen molar-refractivity contribution in [2.24, 2.45) is 0 Å². The van der Waals surface area contributed by atoms with Gasteiger partial charge in [0.25, 0.3) is 5.91 Å². The number of para-hydroxylation sites is 1. The number of nitrogens with one attached hydrogen (secondary N) is 1. The molecular weight excluding hydrogens is 336 g/mol. The first-order valence-corrected chi connectivity index (χ1v) is 9.05. The molecule has 2 aromatic rings. The predicted octanol–water partition coefficient (Wildman–Crippen LogP) is 4.74. The summed E-state index contributed by atoms with van der Waals surface area (Å²) in [6.45, 7) is 3.29. The summed E-state index contributed by atoms with van der Waals surface area (Å²) in [5, 5.41) is 3.34. The maximum absolute atomic E-state index is 12.0. The Morgan fingerprint density at radius 2 is 1.96 bits per heavy atom. The number of carbonyl (C=O) groups is 1. The van der Waals surface area contributed by atoms with Crippen LogP contribution in [0.5, 0.6) is 5.75 Å². The first-order chi connectivity index (χ1) is 12.1. The fraction of sp³-hybridized carbons (Fsp3) is 0.350. The zero-order chi connectivity index (χ0) is 17.6. The lowest BCUT2D eigenvalue weighted by Crippen LogP contribution is -2.37. The lowest BCUT2D eigenvalue weighted by atomic mass is 10.0. The second-order valence-electron chi connectivity index (χ2n) is 6.35. The van der Waals surface area contributed by atoms with Crippen molar-refractivity contribution in [1.82, 2.24) is 0 Å². The summed E-state index contributed by atoms with van der Waals surface area (Å²) in [5.41, 5.74) is 1.97. The lowest BCUT2D eigenvalue weighted by Gasteiger charge is -2.35. The predicted molar refractivity (Wildman–Crippen MR) is 103 cm³/mol. The fourth-order valence-corrected chi connectivity index (χ4v) is 3.31. The standard InChI is InChI=1S/C20H23ClN2O2/c1-15-6-4-5-13-23(15)17-11-9-16(10-12-17)22-20(24)14-25-19-8-3-2-7-18(19)21/h2-3,7-12,15H,4-6,13-14H2,1H3,(H,22,24). The van der Waals surface area contributed by atoms with Gasteiger partial charge in [-0.2, -0.15) is 0 Å². The Kier molecular flexibility index (Phi) is 5.82. The molecule has 0 bridgehead atoms. The van der Waals surface area contributed by atoms with Crippen LogP contribution in [0, 0.1) is 0 Å². The number of nitrogens with zero attached hydrogens (tertiary/aromatic N) is 1. The van der Waals surface area contributed by atoms with Gasteiger partial charge in [-0.25, -0.2) is 0 Å². The molecule has 1 unspecified atom stereocenters. The molecule has 132 valence electrons. The molecule has 3 rings (SSSR count). The molecule has 1 amide bonds. The monoisotopic (exact) mass is 358 g/mol. The van der Waals surface area contributed by atoms with Gasteiger partial charge in [0.15, 0.2) is 6.61 Å². The number of rotatable bonds is 5. The molecule has 1 fully saturated rings. The van der Waals surface area contributed by atoms with Crippen molar-refractivity contribution < 1.29 is 9.53 Å². The molecule has 1 N–H and O–H groups in total. The van der Waals surface area contributed by atoms with Gasteiger partial charge in [-0.15, -0.1) is 0 Å². The van der Waals surface area contributed by atoms with E-state index in [-0.39, 0.29) is 12.5 Å². The molecule has 0 spiro atoms. The van der Waals surface area contributed by atoms with Crippen LogP contribution in [0.1, 0.15) is 26.2 Å². The van der Waals surface area contributed by atoms with Gasteiger partial charge in [-0.05, 0) is 62.6 Å². The second kappa shape index (κ2) is 8.26. The largest absolute Gasteiger partial charge is 0.482 e. The van der Waals surface area contributed by atoms with Gasteiger partial charge in [0.1, 0.15) is 5.75 Å².